The van der Waals surface area contributed by atoms with E-state index in [2.05, 4.69) is 5.32 Å². The molecule has 0 saturated carbocycles. The van der Waals surface area contributed by atoms with Gasteiger partial charge in [-0.25, -0.2) is 8.42 Å². The Morgan fingerprint density at radius 1 is 1.19 bits per heavy atom. The summed E-state index contributed by atoms with van der Waals surface area (Å²) >= 11 is 0. The third kappa shape index (κ3) is 4.06. The van der Waals surface area contributed by atoms with Crippen LogP contribution in [-0.4, -0.2) is 37.6 Å². The van der Waals surface area contributed by atoms with Crippen LogP contribution in [-0.2, 0) is 16.6 Å². The van der Waals surface area contributed by atoms with Gasteiger partial charge in [-0.15, -0.1) is 0 Å². The molecule has 0 bridgehead atoms. The van der Waals surface area contributed by atoms with Crippen molar-refractivity contribution in [2.75, 3.05) is 14.1 Å². The molecule has 0 aliphatic carbocycles. The van der Waals surface area contributed by atoms with E-state index in [9.17, 15) is 23.3 Å². The first kappa shape index (κ1) is 19.5. The highest BCUT2D eigenvalue weighted by Crippen LogP contribution is 2.24. The van der Waals surface area contributed by atoms with Crippen molar-refractivity contribution in [2.24, 2.45) is 0 Å². The zero-order chi connectivity index (χ0) is 19.5. The van der Waals surface area contributed by atoms with Crippen LogP contribution in [0.1, 0.15) is 21.5 Å². The van der Waals surface area contributed by atoms with Crippen molar-refractivity contribution in [3.8, 4) is 0 Å². The molecular weight excluding hydrogens is 358 g/mol. The molecule has 0 saturated heterocycles. The molecule has 2 aromatic rings. The lowest BCUT2D eigenvalue weighted by molar-refractivity contribution is -0.385. The van der Waals surface area contributed by atoms with Gasteiger partial charge in [0, 0.05) is 37.8 Å². The maximum absolute atomic E-state index is 12.7. The SMILES string of the molecule is CNC(=O)c1ccc(CN(C)S(=O)(=O)c2ccc(C)c([N+](=O)[O-])c2)cc1. The van der Waals surface area contributed by atoms with Gasteiger partial charge in [0.05, 0.1) is 9.82 Å². The van der Waals surface area contributed by atoms with Crippen LogP contribution in [0.2, 0.25) is 0 Å². The van der Waals surface area contributed by atoms with Gasteiger partial charge < -0.3 is 5.32 Å². The summed E-state index contributed by atoms with van der Waals surface area (Å²) in [5, 5.41) is 13.5. The Morgan fingerprint density at radius 2 is 1.81 bits per heavy atom. The maximum atomic E-state index is 12.7. The third-order valence-electron chi connectivity index (χ3n) is 3.93. The first-order valence-corrected chi connectivity index (χ1v) is 9.13. The predicted octanol–water partition coefficient (Wildman–Crippen LogP) is 2.08. The first-order chi connectivity index (χ1) is 12.2. The number of carbonyl (C=O) groups excluding carboxylic acids is 1. The number of rotatable bonds is 6. The van der Waals surface area contributed by atoms with Gasteiger partial charge in [0.25, 0.3) is 11.6 Å². The molecule has 1 N–H and O–H groups in total. The lowest BCUT2D eigenvalue weighted by Gasteiger charge is -2.17. The highest BCUT2D eigenvalue weighted by Gasteiger charge is 2.24. The smallest absolute Gasteiger partial charge is 0.273 e. The highest BCUT2D eigenvalue weighted by atomic mass is 32.2. The Hall–Kier alpha value is -2.78. The van der Waals surface area contributed by atoms with Gasteiger partial charge >= 0.3 is 0 Å². The summed E-state index contributed by atoms with van der Waals surface area (Å²) in [7, 11) is -0.970. The molecule has 0 atom stereocenters. The Kier molecular flexibility index (Phi) is 5.73. The van der Waals surface area contributed by atoms with Crippen LogP contribution in [0.25, 0.3) is 0 Å². The fourth-order valence-electron chi connectivity index (χ4n) is 2.37. The Balaban J connectivity index is 2.25. The van der Waals surface area contributed by atoms with Crippen molar-refractivity contribution in [1.82, 2.24) is 9.62 Å². The van der Waals surface area contributed by atoms with E-state index < -0.39 is 14.9 Å². The first-order valence-electron chi connectivity index (χ1n) is 7.69. The molecule has 0 radical (unpaired) electrons. The van der Waals surface area contributed by atoms with Crippen molar-refractivity contribution in [2.45, 2.75) is 18.4 Å². The van der Waals surface area contributed by atoms with Gasteiger partial charge in [-0.3, -0.25) is 14.9 Å². The molecule has 0 aliphatic rings. The molecule has 0 heterocycles. The highest BCUT2D eigenvalue weighted by molar-refractivity contribution is 7.89. The zero-order valence-electron chi connectivity index (χ0n) is 14.6. The second kappa shape index (κ2) is 7.63. The summed E-state index contributed by atoms with van der Waals surface area (Å²) in [6, 6.07) is 10.4. The average Bonchev–Trinajstić information content (AvgIpc) is 2.61. The number of benzene rings is 2. The van der Waals surface area contributed by atoms with E-state index in [-0.39, 0.29) is 23.0 Å². The fourth-order valence-corrected chi connectivity index (χ4v) is 3.55. The van der Waals surface area contributed by atoms with Gasteiger partial charge in [-0.05, 0) is 30.7 Å². The van der Waals surface area contributed by atoms with Crippen LogP contribution in [0.4, 0.5) is 5.69 Å². The molecule has 1 amide bonds. The summed E-state index contributed by atoms with van der Waals surface area (Å²) in [4.78, 5) is 21.8. The normalized spacial score (nSPS) is 11.4. The topological polar surface area (TPSA) is 110 Å². The molecule has 26 heavy (non-hydrogen) atoms. The number of aryl methyl sites for hydroxylation is 1. The average molecular weight is 377 g/mol. The molecule has 2 rings (SSSR count). The Bertz CT molecular complexity index is 939. The number of amides is 1. The van der Waals surface area contributed by atoms with Crippen LogP contribution in [0.15, 0.2) is 47.4 Å². The van der Waals surface area contributed by atoms with E-state index in [0.717, 1.165) is 10.4 Å². The number of nitro benzene ring substituents is 1. The Labute approximate surface area is 151 Å². The summed E-state index contributed by atoms with van der Waals surface area (Å²) in [5.74, 6) is -0.232. The van der Waals surface area contributed by atoms with Crippen LogP contribution in [0, 0.1) is 17.0 Å². The molecule has 9 heteroatoms. The molecule has 0 unspecified atom stereocenters. The largest absolute Gasteiger partial charge is 0.355 e. The Morgan fingerprint density at radius 3 is 2.35 bits per heavy atom. The summed E-state index contributed by atoms with van der Waals surface area (Å²) < 4.78 is 26.5. The molecule has 0 fully saturated rings. The molecular formula is C17H19N3O5S. The number of hydrogen-bond acceptors (Lipinski definition) is 5. The fraction of sp³-hybridized carbons (Fsp3) is 0.235. The predicted molar refractivity (Wildman–Crippen MR) is 96.3 cm³/mol. The zero-order valence-corrected chi connectivity index (χ0v) is 15.4. The lowest BCUT2D eigenvalue weighted by Crippen LogP contribution is -2.26. The molecule has 0 spiro atoms. The number of nitrogens with zero attached hydrogens (tertiary/aromatic N) is 2. The number of hydrogen-bond donors (Lipinski definition) is 1. The standard InChI is InChI=1S/C17H19N3O5S/c1-12-4-9-15(10-16(12)20(22)23)26(24,25)19(3)11-13-5-7-14(8-6-13)17(21)18-2/h4-10H,11H2,1-3H3,(H,18,21). The van der Waals surface area contributed by atoms with E-state index in [1.165, 1.54) is 26.2 Å². The minimum absolute atomic E-state index is 0.0675. The van der Waals surface area contributed by atoms with E-state index in [0.29, 0.717) is 16.7 Å². The van der Waals surface area contributed by atoms with Gasteiger partial charge in [-0.1, -0.05) is 18.2 Å². The molecule has 0 aromatic heterocycles. The van der Waals surface area contributed by atoms with Gasteiger partial charge in [0.2, 0.25) is 10.0 Å². The van der Waals surface area contributed by atoms with E-state index >= 15 is 0 Å². The second-order valence-corrected chi connectivity index (χ2v) is 7.79. The summed E-state index contributed by atoms with van der Waals surface area (Å²) in [6.45, 7) is 1.62. The van der Waals surface area contributed by atoms with Crippen LogP contribution in [0.3, 0.4) is 0 Å². The van der Waals surface area contributed by atoms with Gasteiger partial charge in [-0.2, -0.15) is 4.31 Å². The van der Waals surface area contributed by atoms with Crippen LogP contribution in [0.5, 0.6) is 0 Å². The van der Waals surface area contributed by atoms with Crippen molar-refractivity contribution in [3.63, 3.8) is 0 Å². The maximum Gasteiger partial charge on any atom is 0.273 e. The quantitative estimate of drug-likeness (QED) is 0.612. The monoisotopic (exact) mass is 377 g/mol. The molecule has 2 aromatic carbocycles. The van der Waals surface area contributed by atoms with E-state index in [1.54, 1.807) is 31.2 Å². The molecule has 0 aliphatic heterocycles. The number of sulfonamides is 1. The number of carbonyl (C=O) groups is 1. The minimum atomic E-state index is -3.89. The van der Waals surface area contributed by atoms with Crippen molar-refractivity contribution < 1.29 is 18.1 Å². The van der Waals surface area contributed by atoms with Crippen molar-refractivity contribution in [1.29, 1.82) is 0 Å². The van der Waals surface area contributed by atoms with E-state index in [1.807, 2.05) is 0 Å². The van der Waals surface area contributed by atoms with Crippen LogP contribution >= 0.6 is 0 Å². The number of nitro groups is 1. The van der Waals surface area contributed by atoms with Gasteiger partial charge in [0.15, 0.2) is 0 Å². The van der Waals surface area contributed by atoms with Gasteiger partial charge in [0.1, 0.15) is 0 Å². The van der Waals surface area contributed by atoms with Crippen molar-refractivity contribution >= 4 is 21.6 Å². The lowest BCUT2D eigenvalue weighted by atomic mass is 10.1. The third-order valence-corrected chi connectivity index (χ3v) is 5.73. The summed E-state index contributed by atoms with van der Waals surface area (Å²) in [5.41, 5.74) is 1.30. The summed E-state index contributed by atoms with van der Waals surface area (Å²) in [6.07, 6.45) is 0. The van der Waals surface area contributed by atoms with Crippen LogP contribution < -0.4 is 5.32 Å². The number of nitrogens with one attached hydrogen (secondary N) is 1. The van der Waals surface area contributed by atoms with E-state index in [4.69, 9.17) is 0 Å². The second-order valence-electron chi connectivity index (χ2n) is 5.74. The minimum Gasteiger partial charge on any atom is -0.355 e. The molecule has 138 valence electrons. The molecule has 8 nitrogen and oxygen atoms in total. The van der Waals surface area contributed by atoms with Crippen molar-refractivity contribution in [3.05, 3.63) is 69.3 Å².